The Hall–Kier alpha value is -2.83. The Bertz CT molecular complexity index is 722. The van der Waals surface area contributed by atoms with Gasteiger partial charge in [0.05, 0.1) is 0 Å². The molecule has 1 saturated heterocycles. The van der Waals surface area contributed by atoms with Gasteiger partial charge in [0.25, 0.3) is 5.91 Å². The van der Waals surface area contributed by atoms with Gasteiger partial charge in [0.1, 0.15) is 5.75 Å². The number of rotatable bonds is 5. The van der Waals surface area contributed by atoms with Gasteiger partial charge in [0.15, 0.2) is 11.6 Å². The Balaban J connectivity index is 1.65. The maximum Gasteiger partial charge on any atom is 0.331 e. The Morgan fingerprint density at radius 2 is 1.88 bits per heavy atom. The van der Waals surface area contributed by atoms with E-state index in [1.165, 1.54) is 4.68 Å². The molecule has 1 N–H and O–H groups in total. The lowest BCUT2D eigenvalue weighted by Gasteiger charge is -2.39. The molecule has 0 radical (unpaired) electrons. The van der Waals surface area contributed by atoms with Crippen molar-refractivity contribution in [3.05, 3.63) is 48.8 Å². The van der Waals surface area contributed by atoms with Crippen molar-refractivity contribution < 1.29 is 19.4 Å². The molecule has 1 aliphatic rings. The minimum absolute atomic E-state index is 0.136. The Kier molecular flexibility index (Phi) is 4.74. The summed E-state index contributed by atoms with van der Waals surface area (Å²) in [6.45, 7) is 2.42. The summed E-state index contributed by atoms with van der Waals surface area (Å²) in [6.07, 6.45) is 3.23. The number of ether oxygens (including phenoxy) is 1. The van der Waals surface area contributed by atoms with Gasteiger partial charge < -0.3 is 14.7 Å². The summed E-state index contributed by atoms with van der Waals surface area (Å²) in [5, 5.41) is 13.8. The number of carboxylic acids is 1. The zero-order valence-electron chi connectivity index (χ0n) is 14.0. The third-order valence-corrected chi connectivity index (χ3v) is 4.65. The third kappa shape index (κ3) is 3.35. The predicted molar refractivity (Wildman–Crippen MR) is 90.2 cm³/mol. The summed E-state index contributed by atoms with van der Waals surface area (Å²) in [5.41, 5.74) is -1.09. The van der Waals surface area contributed by atoms with E-state index in [4.69, 9.17) is 4.74 Å². The number of benzene rings is 1. The number of hydrogen-bond donors (Lipinski definition) is 1. The van der Waals surface area contributed by atoms with Crippen LogP contribution in [0.3, 0.4) is 0 Å². The van der Waals surface area contributed by atoms with Gasteiger partial charge in [-0.15, -0.1) is 0 Å². The summed E-state index contributed by atoms with van der Waals surface area (Å²) in [7, 11) is 0. The standard InChI is InChI=1S/C18H21N3O4/c1-14(25-15-6-3-2-4-7-15)16(22)20-12-8-18(9-13-20,17(23)24)21-11-5-10-19-21/h2-7,10-11,14H,8-9,12-13H2,1H3,(H,23,24)/t14-/m1/s1. The highest BCUT2D eigenvalue weighted by atomic mass is 16.5. The topological polar surface area (TPSA) is 84.7 Å². The summed E-state index contributed by atoms with van der Waals surface area (Å²) < 4.78 is 7.16. The molecular weight excluding hydrogens is 322 g/mol. The molecule has 3 rings (SSSR count). The zero-order valence-corrected chi connectivity index (χ0v) is 14.0. The van der Waals surface area contributed by atoms with Crippen LogP contribution >= 0.6 is 0 Å². The van der Waals surface area contributed by atoms with Crippen LogP contribution in [0.5, 0.6) is 5.75 Å². The molecule has 1 atom stereocenters. The summed E-state index contributed by atoms with van der Waals surface area (Å²) in [4.78, 5) is 26.1. The van der Waals surface area contributed by atoms with Crippen LogP contribution in [0.25, 0.3) is 0 Å². The van der Waals surface area contributed by atoms with E-state index in [9.17, 15) is 14.7 Å². The highest BCUT2D eigenvalue weighted by molar-refractivity contribution is 5.82. The molecule has 0 unspecified atom stereocenters. The molecule has 2 heterocycles. The lowest BCUT2D eigenvalue weighted by Crippen LogP contribution is -2.54. The molecular formula is C18H21N3O4. The summed E-state index contributed by atoms with van der Waals surface area (Å²) in [6, 6.07) is 10.9. The third-order valence-electron chi connectivity index (χ3n) is 4.65. The van der Waals surface area contributed by atoms with E-state index in [1.807, 2.05) is 18.2 Å². The quantitative estimate of drug-likeness (QED) is 0.894. The molecule has 0 saturated carbocycles. The van der Waals surface area contributed by atoms with Crippen LogP contribution in [0.2, 0.25) is 0 Å². The number of amides is 1. The summed E-state index contributed by atoms with van der Waals surface area (Å²) in [5.74, 6) is -0.419. The number of aliphatic carboxylic acids is 1. The maximum atomic E-state index is 12.6. The molecule has 1 aromatic heterocycles. The molecule has 0 spiro atoms. The Morgan fingerprint density at radius 3 is 2.44 bits per heavy atom. The van der Waals surface area contributed by atoms with Gasteiger partial charge in [0, 0.05) is 38.3 Å². The largest absolute Gasteiger partial charge is 0.481 e. The van der Waals surface area contributed by atoms with Crippen LogP contribution in [0, 0.1) is 0 Å². The van der Waals surface area contributed by atoms with E-state index in [0.717, 1.165) is 0 Å². The minimum Gasteiger partial charge on any atom is -0.481 e. The van der Waals surface area contributed by atoms with Gasteiger partial charge in [0.2, 0.25) is 0 Å². The fourth-order valence-corrected chi connectivity index (χ4v) is 3.17. The number of likely N-dealkylation sites (tertiary alicyclic amines) is 1. The molecule has 0 aliphatic carbocycles. The molecule has 1 fully saturated rings. The van der Waals surface area contributed by atoms with Crippen LogP contribution in [0.15, 0.2) is 48.8 Å². The molecule has 7 heteroatoms. The number of hydrogen-bond acceptors (Lipinski definition) is 4. The molecule has 1 aliphatic heterocycles. The van der Waals surface area contributed by atoms with E-state index in [-0.39, 0.29) is 5.91 Å². The highest BCUT2D eigenvalue weighted by Gasteiger charge is 2.45. The number of carbonyl (C=O) groups excluding carboxylic acids is 1. The van der Waals surface area contributed by atoms with E-state index >= 15 is 0 Å². The number of piperidine rings is 1. The SMILES string of the molecule is C[C@@H](Oc1ccccc1)C(=O)N1CCC(C(=O)O)(n2cccn2)CC1. The smallest absolute Gasteiger partial charge is 0.331 e. The first kappa shape index (κ1) is 17.0. The van der Waals surface area contributed by atoms with E-state index in [0.29, 0.717) is 31.7 Å². The fraction of sp³-hybridized carbons (Fsp3) is 0.389. The van der Waals surface area contributed by atoms with E-state index in [1.54, 1.807) is 42.4 Å². The molecule has 0 bridgehead atoms. The van der Waals surface area contributed by atoms with Crippen molar-refractivity contribution in [3.8, 4) is 5.75 Å². The normalized spacial score (nSPS) is 17.7. The second kappa shape index (κ2) is 6.96. The second-order valence-electron chi connectivity index (χ2n) is 6.19. The zero-order chi connectivity index (χ0) is 17.9. The predicted octanol–water partition coefficient (Wildman–Crippen LogP) is 1.75. The van der Waals surface area contributed by atoms with Crippen molar-refractivity contribution in [2.45, 2.75) is 31.4 Å². The Morgan fingerprint density at radius 1 is 1.20 bits per heavy atom. The lowest BCUT2D eigenvalue weighted by atomic mass is 9.87. The number of aromatic nitrogens is 2. The van der Waals surface area contributed by atoms with Crippen molar-refractivity contribution in [1.82, 2.24) is 14.7 Å². The maximum absolute atomic E-state index is 12.6. The van der Waals surface area contributed by atoms with Gasteiger partial charge in [-0.3, -0.25) is 9.48 Å². The van der Waals surface area contributed by atoms with E-state index in [2.05, 4.69) is 5.10 Å². The van der Waals surface area contributed by atoms with Gasteiger partial charge >= 0.3 is 5.97 Å². The minimum atomic E-state index is -1.09. The monoisotopic (exact) mass is 343 g/mol. The van der Waals surface area contributed by atoms with Crippen LogP contribution in [-0.2, 0) is 15.1 Å². The molecule has 25 heavy (non-hydrogen) atoms. The van der Waals surface area contributed by atoms with Crippen molar-refractivity contribution in [1.29, 1.82) is 0 Å². The number of para-hydroxylation sites is 1. The van der Waals surface area contributed by atoms with Crippen LogP contribution in [0.4, 0.5) is 0 Å². The van der Waals surface area contributed by atoms with Crippen molar-refractivity contribution in [2.24, 2.45) is 0 Å². The lowest BCUT2D eigenvalue weighted by molar-refractivity contribution is -0.154. The molecule has 1 aromatic carbocycles. The van der Waals surface area contributed by atoms with Gasteiger partial charge in [-0.25, -0.2) is 4.79 Å². The van der Waals surface area contributed by atoms with Crippen molar-refractivity contribution >= 4 is 11.9 Å². The molecule has 1 amide bonds. The molecule has 132 valence electrons. The number of carboxylic acid groups (broad SMARTS) is 1. The first-order valence-corrected chi connectivity index (χ1v) is 8.27. The van der Waals surface area contributed by atoms with Crippen molar-refractivity contribution in [2.75, 3.05) is 13.1 Å². The van der Waals surface area contributed by atoms with Crippen molar-refractivity contribution in [3.63, 3.8) is 0 Å². The van der Waals surface area contributed by atoms with E-state index < -0.39 is 17.6 Å². The fourth-order valence-electron chi connectivity index (χ4n) is 3.17. The molecule has 7 nitrogen and oxygen atoms in total. The van der Waals surface area contributed by atoms with Gasteiger partial charge in [-0.2, -0.15) is 5.10 Å². The average Bonchev–Trinajstić information content (AvgIpc) is 3.17. The van der Waals surface area contributed by atoms with Gasteiger partial charge in [-0.05, 0) is 25.1 Å². The average molecular weight is 343 g/mol. The second-order valence-corrected chi connectivity index (χ2v) is 6.19. The first-order valence-electron chi connectivity index (χ1n) is 8.27. The van der Waals surface area contributed by atoms with Crippen LogP contribution in [0.1, 0.15) is 19.8 Å². The Labute approximate surface area is 145 Å². The number of carbonyl (C=O) groups is 2. The summed E-state index contributed by atoms with van der Waals surface area (Å²) >= 11 is 0. The number of nitrogens with zero attached hydrogens (tertiary/aromatic N) is 3. The highest BCUT2D eigenvalue weighted by Crippen LogP contribution is 2.30. The van der Waals surface area contributed by atoms with Gasteiger partial charge in [-0.1, -0.05) is 18.2 Å². The van der Waals surface area contributed by atoms with Crippen LogP contribution in [-0.4, -0.2) is 50.9 Å². The van der Waals surface area contributed by atoms with Crippen LogP contribution < -0.4 is 4.74 Å². The molecule has 2 aromatic rings. The first-order chi connectivity index (χ1) is 12.0.